The Kier molecular flexibility index (Phi) is 5.31. The van der Waals surface area contributed by atoms with Crippen LogP contribution in [0, 0.1) is 10.6 Å². The highest BCUT2D eigenvalue weighted by Crippen LogP contribution is 2.19. The molecule has 0 saturated carbocycles. The molecule has 0 bridgehead atoms. The van der Waals surface area contributed by atoms with Gasteiger partial charge in [-0.3, -0.25) is 0 Å². The van der Waals surface area contributed by atoms with Crippen LogP contribution in [0.5, 0.6) is 5.75 Å². The molecule has 1 aromatic carbocycles. The summed E-state index contributed by atoms with van der Waals surface area (Å²) < 4.78 is 7.15. The van der Waals surface area contributed by atoms with E-state index in [0.717, 1.165) is 28.2 Å². The first kappa shape index (κ1) is 15.2. The zero-order valence-electron chi connectivity index (χ0n) is 11.5. The van der Waals surface area contributed by atoms with Gasteiger partial charge in [0.15, 0.2) is 0 Å². The lowest BCUT2D eigenvalue weighted by atomic mass is 10.1. The largest absolute Gasteiger partial charge is 0.486 e. The van der Waals surface area contributed by atoms with Crippen LogP contribution in [0.3, 0.4) is 0 Å². The van der Waals surface area contributed by atoms with E-state index < -0.39 is 0 Å². The monoisotopic (exact) mass is 352 g/mol. The second-order valence-electron chi connectivity index (χ2n) is 4.98. The maximum absolute atomic E-state index is 5.69. The normalized spacial score (nSPS) is 10.8. The van der Waals surface area contributed by atoms with Crippen LogP contribution in [0.4, 0.5) is 0 Å². The molecule has 1 heterocycles. The van der Waals surface area contributed by atoms with Crippen molar-refractivity contribution >= 4 is 28.1 Å². The molecular weight excluding hydrogens is 336 g/mol. The highest BCUT2D eigenvalue weighted by molar-refractivity contribution is 9.10. The molecule has 0 spiro atoms. The van der Waals surface area contributed by atoms with E-state index in [0.29, 0.717) is 17.2 Å². The maximum Gasteiger partial charge on any atom is 0.146 e. The third kappa shape index (κ3) is 4.15. The first-order chi connectivity index (χ1) is 9.56. The Morgan fingerprint density at radius 1 is 1.30 bits per heavy atom. The first-order valence-corrected chi connectivity index (χ1v) is 7.72. The average molecular weight is 353 g/mol. The number of para-hydroxylation sites is 1. The number of ether oxygens (including phenoxy) is 1. The molecule has 0 radical (unpaired) electrons. The zero-order chi connectivity index (χ0) is 14.5. The Bertz CT molecular complexity index is 626. The highest BCUT2D eigenvalue weighted by Gasteiger charge is 2.08. The van der Waals surface area contributed by atoms with Gasteiger partial charge in [0.25, 0.3) is 0 Å². The average Bonchev–Trinajstić information content (AvgIpc) is 2.42. The van der Waals surface area contributed by atoms with E-state index in [2.05, 4.69) is 39.7 Å². The molecule has 3 nitrogen and oxygen atoms in total. The molecule has 0 aliphatic carbocycles. The molecule has 0 aliphatic heterocycles. The molecule has 0 fully saturated rings. The van der Waals surface area contributed by atoms with E-state index in [9.17, 15) is 0 Å². The summed E-state index contributed by atoms with van der Waals surface area (Å²) in [6, 6.07) is 9.68. The molecule has 20 heavy (non-hydrogen) atoms. The predicted molar refractivity (Wildman–Crippen MR) is 86.4 cm³/mol. The molecule has 0 atom stereocenters. The smallest absolute Gasteiger partial charge is 0.146 e. The molecule has 1 aromatic heterocycles. The van der Waals surface area contributed by atoms with Gasteiger partial charge in [-0.05, 0) is 40.4 Å². The molecule has 0 aliphatic rings. The van der Waals surface area contributed by atoms with Crippen LogP contribution >= 0.6 is 28.1 Å². The Morgan fingerprint density at radius 2 is 2.00 bits per heavy atom. The van der Waals surface area contributed by atoms with Crippen LogP contribution in [0.25, 0.3) is 0 Å². The van der Waals surface area contributed by atoms with Crippen LogP contribution in [-0.2, 0) is 13.0 Å². The second-order valence-corrected chi connectivity index (χ2v) is 6.16. The highest BCUT2D eigenvalue weighted by atomic mass is 79.9. The van der Waals surface area contributed by atoms with Gasteiger partial charge >= 0.3 is 0 Å². The summed E-state index contributed by atoms with van der Waals surface area (Å²) in [5.41, 5.74) is 1.08. The lowest BCUT2D eigenvalue weighted by Crippen LogP contribution is -2.07. The quantitative estimate of drug-likeness (QED) is 0.793. The Labute approximate surface area is 132 Å². The first-order valence-electron chi connectivity index (χ1n) is 6.51. The topological polar surface area (TPSA) is 37.9 Å². The lowest BCUT2D eigenvalue weighted by Gasteiger charge is -2.11. The SMILES string of the molecule is CC(C)Cc1[nH]c(COc2ccccc2)nc(=S)c1Br. The third-order valence-corrected chi connectivity index (χ3v) is 4.13. The van der Waals surface area contributed by atoms with Gasteiger partial charge in [-0.25, -0.2) is 4.98 Å². The summed E-state index contributed by atoms with van der Waals surface area (Å²) in [5, 5.41) is 0. The summed E-state index contributed by atoms with van der Waals surface area (Å²) >= 11 is 8.78. The fourth-order valence-corrected chi connectivity index (χ4v) is 2.43. The summed E-state index contributed by atoms with van der Waals surface area (Å²) in [7, 11) is 0. The fraction of sp³-hybridized carbons (Fsp3) is 0.333. The van der Waals surface area contributed by atoms with Crippen LogP contribution in [0.1, 0.15) is 25.4 Å². The number of rotatable bonds is 5. The van der Waals surface area contributed by atoms with E-state index >= 15 is 0 Å². The minimum atomic E-state index is 0.381. The number of aromatic amines is 1. The van der Waals surface area contributed by atoms with E-state index in [1.54, 1.807) is 0 Å². The number of hydrogen-bond acceptors (Lipinski definition) is 3. The van der Waals surface area contributed by atoms with Crippen molar-refractivity contribution in [2.45, 2.75) is 26.9 Å². The minimum Gasteiger partial charge on any atom is -0.486 e. The van der Waals surface area contributed by atoms with Crippen molar-refractivity contribution in [2.75, 3.05) is 0 Å². The Hall–Kier alpha value is -1.20. The van der Waals surface area contributed by atoms with Crippen molar-refractivity contribution in [1.82, 2.24) is 9.97 Å². The zero-order valence-corrected chi connectivity index (χ0v) is 13.9. The van der Waals surface area contributed by atoms with Crippen molar-refractivity contribution in [3.8, 4) is 5.75 Å². The van der Waals surface area contributed by atoms with Crippen molar-refractivity contribution in [2.24, 2.45) is 5.92 Å². The van der Waals surface area contributed by atoms with Crippen LogP contribution in [0.2, 0.25) is 0 Å². The molecule has 0 unspecified atom stereocenters. The molecule has 2 aromatic rings. The van der Waals surface area contributed by atoms with Gasteiger partial charge in [0, 0.05) is 5.69 Å². The van der Waals surface area contributed by atoms with Gasteiger partial charge in [-0.1, -0.05) is 44.3 Å². The van der Waals surface area contributed by atoms with Crippen molar-refractivity contribution in [1.29, 1.82) is 0 Å². The Balaban J connectivity index is 2.16. The van der Waals surface area contributed by atoms with E-state index in [4.69, 9.17) is 17.0 Å². The molecule has 1 N–H and O–H groups in total. The minimum absolute atomic E-state index is 0.381. The van der Waals surface area contributed by atoms with Crippen molar-refractivity contribution in [3.63, 3.8) is 0 Å². The predicted octanol–water partition coefficient (Wildman–Crippen LogP) is 4.68. The maximum atomic E-state index is 5.69. The second kappa shape index (κ2) is 6.99. The van der Waals surface area contributed by atoms with Gasteiger partial charge in [0.2, 0.25) is 0 Å². The van der Waals surface area contributed by atoms with E-state index in [1.807, 2.05) is 30.3 Å². The molecule has 106 valence electrons. The van der Waals surface area contributed by atoms with Crippen molar-refractivity contribution < 1.29 is 4.74 Å². The van der Waals surface area contributed by atoms with Gasteiger partial charge in [0.05, 0.1) is 4.47 Å². The summed E-state index contributed by atoms with van der Waals surface area (Å²) in [6.45, 7) is 4.72. The molecule has 0 saturated heterocycles. The van der Waals surface area contributed by atoms with Gasteiger partial charge in [-0.2, -0.15) is 0 Å². The standard InChI is InChI=1S/C15H17BrN2OS/c1-10(2)8-12-14(16)15(20)18-13(17-12)9-19-11-6-4-3-5-7-11/h3-7,10H,8-9H2,1-2H3,(H,17,18,20). The third-order valence-electron chi connectivity index (χ3n) is 2.72. The fourth-order valence-electron chi connectivity index (χ4n) is 1.84. The number of nitrogens with one attached hydrogen (secondary N) is 1. The molecule has 5 heteroatoms. The number of H-pyrrole nitrogens is 1. The van der Waals surface area contributed by atoms with Crippen LogP contribution in [-0.4, -0.2) is 9.97 Å². The molecule has 2 rings (SSSR count). The number of halogens is 1. The lowest BCUT2D eigenvalue weighted by molar-refractivity contribution is 0.295. The Morgan fingerprint density at radius 3 is 2.65 bits per heavy atom. The summed E-state index contributed by atoms with van der Waals surface area (Å²) in [5.74, 6) is 2.11. The number of benzene rings is 1. The molecule has 0 amide bonds. The number of aromatic nitrogens is 2. The van der Waals surface area contributed by atoms with E-state index in [-0.39, 0.29) is 0 Å². The van der Waals surface area contributed by atoms with Gasteiger partial charge in [-0.15, -0.1) is 0 Å². The van der Waals surface area contributed by atoms with Gasteiger partial charge < -0.3 is 9.72 Å². The van der Waals surface area contributed by atoms with Crippen molar-refractivity contribution in [3.05, 3.63) is 51.0 Å². The summed E-state index contributed by atoms with van der Waals surface area (Å²) in [6.07, 6.45) is 0.922. The summed E-state index contributed by atoms with van der Waals surface area (Å²) in [4.78, 5) is 7.65. The van der Waals surface area contributed by atoms with Gasteiger partial charge in [0.1, 0.15) is 22.8 Å². The van der Waals surface area contributed by atoms with Crippen LogP contribution < -0.4 is 4.74 Å². The number of nitrogens with zero attached hydrogens (tertiary/aromatic N) is 1. The van der Waals surface area contributed by atoms with Crippen LogP contribution in [0.15, 0.2) is 34.8 Å². The van der Waals surface area contributed by atoms with E-state index in [1.165, 1.54) is 0 Å². The molecular formula is C15H17BrN2OS. The number of hydrogen-bond donors (Lipinski definition) is 1.